The summed E-state index contributed by atoms with van der Waals surface area (Å²) < 4.78 is 26.2. The van der Waals surface area contributed by atoms with E-state index in [1.54, 1.807) is 20.8 Å². The Labute approximate surface area is 99.3 Å². The lowest BCUT2D eigenvalue weighted by Crippen LogP contribution is -2.43. The largest absolute Gasteiger partial charge is 0.490 e. The zero-order chi connectivity index (χ0) is 12.6. The summed E-state index contributed by atoms with van der Waals surface area (Å²) in [4.78, 5) is 0. The SMILES string of the molecule is CC(C)(C)NS(=O)(=O)c1sccc1B(O)O. The Kier molecular flexibility index (Phi) is 3.81. The molecule has 5 nitrogen and oxygen atoms in total. The van der Waals surface area contributed by atoms with E-state index in [0.29, 0.717) is 0 Å². The Hall–Kier alpha value is -0.405. The average molecular weight is 263 g/mol. The maximum Gasteiger partial charge on any atom is 0.490 e. The first kappa shape index (κ1) is 13.7. The van der Waals surface area contributed by atoms with Crippen LogP contribution in [0.25, 0.3) is 0 Å². The first-order valence-corrected chi connectivity index (χ1v) is 6.97. The molecule has 3 N–H and O–H groups in total. The third-order valence-corrected chi connectivity index (χ3v) is 4.89. The number of thiophene rings is 1. The molecule has 0 unspecified atom stereocenters. The van der Waals surface area contributed by atoms with Gasteiger partial charge in [0.15, 0.2) is 0 Å². The van der Waals surface area contributed by atoms with Crippen molar-refractivity contribution in [2.75, 3.05) is 0 Å². The fourth-order valence-corrected chi connectivity index (χ4v) is 3.99. The van der Waals surface area contributed by atoms with Crippen LogP contribution in [-0.4, -0.2) is 31.1 Å². The van der Waals surface area contributed by atoms with Crippen LogP contribution in [0.1, 0.15) is 20.8 Å². The van der Waals surface area contributed by atoms with E-state index in [1.807, 2.05) is 0 Å². The van der Waals surface area contributed by atoms with Gasteiger partial charge >= 0.3 is 7.12 Å². The van der Waals surface area contributed by atoms with Gasteiger partial charge in [-0.2, -0.15) is 0 Å². The molecule has 0 atom stereocenters. The summed E-state index contributed by atoms with van der Waals surface area (Å²) in [6.07, 6.45) is 0. The number of hydrogen-bond acceptors (Lipinski definition) is 5. The second-order valence-corrected chi connectivity index (χ2v) is 7.19. The number of rotatable bonds is 3. The molecule has 1 heterocycles. The molecular weight excluding hydrogens is 249 g/mol. The van der Waals surface area contributed by atoms with Gasteiger partial charge in [-0.1, -0.05) is 6.07 Å². The molecule has 1 aromatic rings. The molecule has 0 fully saturated rings. The van der Waals surface area contributed by atoms with Gasteiger partial charge in [0.1, 0.15) is 4.21 Å². The first-order valence-electron chi connectivity index (χ1n) is 4.61. The van der Waals surface area contributed by atoms with Crippen LogP contribution in [-0.2, 0) is 10.0 Å². The highest BCUT2D eigenvalue weighted by molar-refractivity contribution is 7.91. The van der Waals surface area contributed by atoms with Crippen molar-refractivity contribution in [2.24, 2.45) is 0 Å². The molecule has 0 bridgehead atoms. The van der Waals surface area contributed by atoms with E-state index >= 15 is 0 Å². The minimum Gasteiger partial charge on any atom is -0.423 e. The first-order chi connectivity index (χ1) is 7.13. The summed E-state index contributed by atoms with van der Waals surface area (Å²) in [5, 5.41) is 19.6. The van der Waals surface area contributed by atoms with E-state index in [4.69, 9.17) is 10.0 Å². The monoisotopic (exact) mass is 263 g/mol. The number of sulfonamides is 1. The zero-order valence-electron chi connectivity index (χ0n) is 9.26. The standard InChI is InChI=1S/C8H14BNO4S2/c1-8(2,3)10-16(13,14)7-6(9(11)12)4-5-15-7/h4-5,10-12H,1-3H3. The predicted molar refractivity (Wildman–Crippen MR) is 64.2 cm³/mol. The maximum absolute atomic E-state index is 11.9. The molecule has 0 saturated heterocycles. The molecule has 0 aliphatic heterocycles. The van der Waals surface area contributed by atoms with Crippen LogP contribution in [0.3, 0.4) is 0 Å². The third-order valence-electron chi connectivity index (χ3n) is 1.62. The summed E-state index contributed by atoms with van der Waals surface area (Å²) >= 11 is 0.955. The molecule has 8 heteroatoms. The zero-order valence-corrected chi connectivity index (χ0v) is 10.9. The predicted octanol–water partition coefficient (Wildman–Crippen LogP) is -0.495. The minimum atomic E-state index is -3.70. The van der Waals surface area contributed by atoms with Crippen molar-refractivity contribution >= 4 is 33.9 Å². The van der Waals surface area contributed by atoms with E-state index in [0.717, 1.165) is 11.3 Å². The lowest BCUT2D eigenvalue weighted by molar-refractivity contribution is 0.424. The van der Waals surface area contributed by atoms with Crippen LogP contribution in [0.4, 0.5) is 0 Å². The molecule has 16 heavy (non-hydrogen) atoms. The lowest BCUT2D eigenvalue weighted by atomic mass is 9.83. The summed E-state index contributed by atoms with van der Waals surface area (Å²) in [7, 11) is -5.48. The minimum absolute atomic E-state index is 0.00162. The summed E-state index contributed by atoms with van der Waals surface area (Å²) in [6, 6.07) is 1.38. The smallest absolute Gasteiger partial charge is 0.423 e. The van der Waals surface area contributed by atoms with E-state index in [1.165, 1.54) is 11.4 Å². The Morgan fingerprint density at radius 1 is 1.38 bits per heavy atom. The molecule has 0 saturated carbocycles. The van der Waals surface area contributed by atoms with Gasteiger partial charge in [0.2, 0.25) is 10.0 Å². The molecule has 1 rings (SSSR count). The fraction of sp³-hybridized carbons (Fsp3) is 0.500. The highest BCUT2D eigenvalue weighted by atomic mass is 32.2. The van der Waals surface area contributed by atoms with Crippen LogP contribution in [0.2, 0.25) is 0 Å². The van der Waals surface area contributed by atoms with E-state index in [9.17, 15) is 8.42 Å². The van der Waals surface area contributed by atoms with Crippen LogP contribution < -0.4 is 10.2 Å². The topological polar surface area (TPSA) is 86.6 Å². The van der Waals surface area contributed by atoms with Crippen molar-refractivity contribution in [1.29, 1.82) is 0 Å². The van der Waals surface area contributed by atoms with E-state index < -0.39 is 22.7 Å². The second-order valence-electron chi connectivity index (χ2n) is 4.39. The average Bonchev–Trinajstić information content (AvgIpc) is 2.45. The molecule has 0 aliphatic rings. The molecular formula is C8H14BNO4S2. The second kappa shape index (κ2) is 4.46. The Morgan fingerprint density at radius 3 is 2.38 bits per heavy atom. The van der Waals surface area contributed by atoms with Crippen molar-refractivity contribution in [3.8, 4) is 0 Å². The van der Waals surface area contributed by atoms with Gasteiger partial charge in [0, 0.05) is 11.0 Å². The summed E-state index contributed by atoms with van der Waals surface area (Å²) in [5.41, 5.74) is -0.609. The van der Waals surface area contributed by atoms with Crippen molar-refractivity contribution < 1.29 is 18.5 Å². The normalized spacial score (nSPS) is 12.8. The van der Waals surface area contributed by atoms with Gasteiger partial charge < -0.3 is 10.0 Å². The van der Waals surface area contributed by atoms with Crippen LogP contribution in [0.15, 0.2) is 15.7 Å². The summed E-state index contributed by atoms with van der Waals surface area (Å²) in [5.74, 6) is 0. The van der Waals surface area contributed by atoms with Crippen LogP contribution >= 0.6 is 11.3 Å². The highest BCUT2D eigenvalue weighted by Gasteiger charge is 2.29. The van der Waals surface area contributed by atoms with E-state index in [-0.39, 0.29) is 9.67 Å². The van der Waals surface area contributed by atoms with Gasteiger partial charge in [0.25, 0.3) is 0 Å². The van der Waals surface area contributed by atoms with Crippen molar-refractivity contribution in [3.63, 3.8) is 0 Å². The Morgan fingerprint density at radius 2 is 1.94 bits per heavy atom. The highest BCUT2D eigenvalue weighted by Crippen LogP contribution is 2.16. The molecule has 0 aliphatic carbocycles. The third kappa shape index (κ3) is 3.29. The molecule has 1 aromatic heterocycles. The molecule has 0 spiro atoms. The van der Waals surface area contributed by atoms with Crippen LogP contribution in [0, 0.1) is 0 Å². The van der Waals surface area contributed by atoms with Gasteiger partial charge in [-0.3, -0.25) is 0 Å². The molecule has 0 aromatic carbocycles. The quantitative estimate of drug-likeness (QED) is 0.642. The Bertz CT molecular complexity index is 461. The van der Waals surface area contributed by atoms with Gasteiger partial charge in [-0.05, 0) is 26.2 Å². The van der Waals surface area contributed by atoms with Crippen molar-refractivity contribution in [3.05, 3.63) is 11.4 Å². The van der Waals surface area contributed by atoms with Gasteiger partial charge in [-0.25, -0.2) is 13.1 Å². The van der Waals surface area contributed by atoms with Gasteiger partial charge in [-0.15, -0.1) is 11.3 Å². The van der Waals surface area contributed by atoms with Crippen molar-refractivity contribution in [2.45, 2.75) is 30.5 Å². The molecule has 0 radical (unpaired) electrons. The van der Waals surface area contributed by atoms with Gasteiger partial charge in [0.05, 0.1) is 0 Å². The van der Waals surface area contributed by atoms with Crippen LogP contribution in [0.5, 0.6) is 0 Å². The summed E-state index contributed by atoms with van der Waals surface area (Å²) in [6.45, 7) is 5.15. The van der Waals surface area contributed by atoms with Crippen molar-refractivity contribution in [1.82, 2.24) is 4.72 Å². The molecule has 0 amide bonds. The lowest BCUT2D eigenvalue weighted by Gasteiger charge is -2.20. The van der Waals surface area contributed by atoms with E-state index in [2.05, 4.69) is 4.72 Å². The number of hydrogen-bond donors (Lipinski definition) is 3. The molecule has 90 valence electrons. The maximum atomic E-state index is 11.9. The fourth-order valence-electron chi connectivity index (χ4n) is 1.16. The Balaban J connectivity index is 3.13. The number of nitrogens with one attached hydrogen (secondary N) is 1.